The molecule has 1 aromatic carbocycles. The van der Waals surface area contributed by atoms with E-state index in [0.717, 1.165) is 0 Å². The highest BCUT2D eigenvalue weighted by Gasteiger charge is 2.27. The van der Waals surface area contributed by atoms with Crippen molar-refractivity contribution in [3.8, 4) is 5.75 Å². The van der Waals surface area contributed by atoms with Crippen molar-refractivity contribution in [1.29, 1.82) is 0 Å². The van der Waals surface area contributed by atoms with E-state index in [-0.39, 0.29) is 19.4 Å². The summed E-state index contributed by atoms with van der Waals surface area (Å²) in [7, 11) is 0. The molecule has 25 heavy (non-hydrogen) atoms. The Bertz CT molecular complexity index is 606. The van der Waals surface area contributed by atoms with Gasteiger partial charge in [-0.1, -0.05) is 6.92 Å². The fourth-order valence-electron chi connectivity index (χ4n) is 1.58. The normalized spacial score (nSPS) is 10.5. The summed E-state index contributed by atoms with van der Waals surface area (Å²) >= 11 is 0. The number of benzene rings is 1. The Morgan fingerprint density at radius 1 is 0.720 bits per heavy atom. The molecule has 0 aliphatic heterocycles. The van der Waals surface area contributed by atoms with Gasteiger partial charge >= 0.3 is 11.9 Å². The molecule has 0 atom stereocenters. The number of hydrogen-bond donors (Lipinski definition) is 0. The summed E-state index contributed by atoms with van der Waals surface area (Å²) in [6, 6.07) is 0. The van der Waals surface area contributed by atoms with Crippen LogP contribution in [0.5, 0.6) is 5.75 Å². The monoisotopic (exact) mass is 370 g/mol. The lowest BCUT2D eigenvalue weighted by Gasteiger charge is -2.10. The lowest BCUT2D eigenvalue weighted by Crippen LogP contribution is -2.16. The van der Waals surface area contributed by atoms with Crippen molar-refractivity contribution in [3.63, 3.8) is 0 Å². The summed E-state index contributed by atoms with van der Waals surface area (Å²) in [5.74, 6) is -13.7. The van der Waals surface area contributed by atoms with Gasteiger partial charge in [-0.2, -0.15) is 8.78 Å². The van der Waals surface area contributed by atoms with E-state index in [1.165, 1.54) is 0 Å². The van der Waals surface area contributed by atoms with Gasteiger partial charge in [0, 0.05) is 0 Å². The molecule has 0 N–H and O–H groups in total. The van der Waals surface area contributed by atoms with Crippen LogP contribution in [-0.2, 0) is 19.1 Å². The van der Waals surface area contributed by atoms with Gasteiger partial charge in [-0.25, -0.2) is 13.2 Å². The zero-order valence-electron chi connectivity index (χ0n) is 13.2. The molecular formula is C15H15F5O5. The molecule has 0 aromatic heterocycles. The predicted octanol–water partition coefficient (Wildman–Crippen LogP) is 3.04. The van der Waals surface area contributed by atoms with E-state index in [1.54, 1.807) is 6.92 Å². The molecular weight excluding hydrogens is 355 g/mol. The van der Waals surface area contributed by atoms with Crippen LogP contribution in [0.25, 0.3) is 0 Å². The first-order valence-corrected chi connectivity index (χ1v) is 7.25. The molecule has 1 aromatic rings. The van der Waals surface area contributed by atoms with Gasteiger partial charge in [0.25, 0.3) is 0 Å². The minimum Gasteiger partial charge on any atom is -0.484 e. The summed E-state index contributed by atoms with van der Waals surface area (Å²) in [4.78, 5) is 22.5. The minimum atomic E-state index is -2.30. The standard InChI is InChI=1S/C15H15F5O5/c1-2-5-23-8(21)3-4-9(22)24-6-7-25-15-13(19)11(17)10(16)12(18)14(15)20/h2-7H2,1H3. The maximum atomic E-state index is 13.3. The second-order valence-corrected chi connectivity index (χ2v) is 4.69. The Labute approximate surface area is 139 Å². The molecule has 0 saturated heterocycles. The molecule has 140 valence electrons. The van der Waals surface area contributed by atoms with Crippen LogP contribution in [-0.4, -0.2) is 31.8 Å². The fraction of sp³-hybridized carbons (Fsp3) is 0.467. The van der Waals surface area contributed by atoms with Crippen LogP contribution in [0.2, 0.25) is 0 Å². The number of rotatable bonds is 9. The highest BCUT2D eigenvalue weighted by atomic mass is 19.2. The summed E-state index contributed by atoms with van der Waals surface area (Å²) in [5.41, 5.74) is 0. The predicted molar refractivity (Wildman–Crippen MR) is 73.2 cm³/mol. The smallest absolute Gasteiger partial charge is 0.306 e. The summed E-state index contributed by atoms with van der Waals surface area (Å²) in [6.07, 6.45) is 0.133. The number of carbonyl (C=O) groups is 2. The molecule has 0 spiro atoms. The number of esters is 2. The van der Waals surface area contributed by atoms with E-state index in [2.05, 4.69) is 9.47 Å². The molecule has 0 amide bonds. The first-order valence-electron chi connectivity index (χ1n) is 7.25. The molecule has 5 nitrogen and oxygen atoms in total. The van der Waals surface area contributed by atoms with Crippen molar-refractivity contribution in [2.75, 3.05) is 19.8 Å². The molecule has 0 fully saturated rings. The fourth-order valence-corrected chi connectivity index (χ4v) is 1.58. The van der Waals surface area contributed by atoms with E-state index in [0.29, 0.717) is 6.42 Å². The Kier molecular flexibility index (Phi) is 8.09. The van der Waals surface area contributed by atoms with Crippen LogP contribution < -0.4 is 4.74 Å². The summed E-state index contributed by atoms with van der Waals surface area (Å²) in [5, 5.41) is 0. The number of carbonyl (C=O) groups excluding carboxylic acids is 2. The van der Waals surface area contributed by atoms with Crippen LogP contribution in [0, 0.1) is 29.1 Å². The third kappa shape index (κ3) is 5.87. The molecule has 0 unspecified atom stereocenters. The lowest BCUT2D eigenvalue weighted by molar-refractivity contribution is -0.150. The zero-order valence-corrected chi connectivity index (χ0v) is 13.2. The Hall–Kier alpha value is -2.39. The van der Waals surface area contributed by atoms with Crippen LogP contribution in [0.1, 0.15) is 26.2 Å². The molecule has 0 heterocycles. The van der Waals surface area contributed by atoms with Crippen LogP contribution in [0.4, 0.5) is 22.0 Å². The second kappa shape index (κ2) is 9.80. The van der Waals surface area contributed by atoms with Gasteiger partial charge in [0.05, 0.1) is 19.4 Å². The molecule has 0 saturated carbocycles. The quantitative estimate of drug-likeness (QED) is 0.220. The van der Waals surface area contributed by atoms with Gasteiger partial charge in [-0.05, 0) is 6.42 Å². The lowest BCUT2D eigenvalue weighted by atomic mass is 10.2. The largest absolute Gasteiger partial charge is 0.484 e. The molecule has 0 radical (unpaired) electrons. The van der Waals surface area contributed by atoms with Crippen molar-refractivity contribution in [3.05, 3.63) is 29.1 Å². The van der Waals surface area contributed by atoms with Crippen molar-refractivity contribution in [2.24, 2.45) is 0 Å². The van der Waals surface area contributed by atoms with Gasteiger partial charge in [-0.3, -0.25) is 9.59 Å². The highest BCUT2D eigenvalue weighted by Crippen LogP contribution is 2.28. The van der Waals surface area contributed by atoms with Crippen molar-refractivity contribution in [1.82, 2.24) is 0 Å². The first-order chi connectivity index (χ1) is 11.8. The SMILES string of the molecule is CCCOC(=O)CCC(=O)OCCOc1c(F)c(F)c(F)c(F)c1F. The number of ether oxygens (including phenoxy) is 3. The Morgan fingerprint density at radius 3 is 1.64 bits per heavy atom. The van der Waals surface area contributed by atoms with Gasteiger partial charge in [0.1, 0.15) is 13.2 Å². The average Bonchev–Trinajstić information content (AvgIpc) is 2.60. The van der Waals surface area contributed by atoms with Crippen LogP contribution in [0.15, 0.2) is 0 Å². The Balaban J connectivity index is 2.41. The van der Waals surface area contributed by atoms with Crippen molar-refractivity contribution < 1.29 is 45.8 Å². The minimum absolute atomic E-state index is 0.211. The third-order valence-corrected chi connectivity index (χ3v) is 2.76. The van der Waals surface area contributed by atoms with E-state index in [9.17, 15) is 31.5 Å². The van der Waals surface area contributed by atoms with E-state index in [4.69, 9.17) is 4.74 Å². The van der Waals surface area contributed by atoms with Crippen molar-refractivity contribution in [2.45, 2.75) is 26.2 Å². The number of hydrogen-bond acceptors (Lipinski definition) is 5. The molecule has 0 aliphatic carbocycles. The Morgan fingerprint density at radius 2 is 1.16 bits per heavy atom. The maximum Gasteiger partial charge on any atom is 0.306 e. The van der Waals surface area contributed by atoms with E-state index >= 15 is 0 Å². The van der Waals surface area contributed by atoms with Crippen LogP contribution >= 0.6 is 0 Å². The topological polar surface area (TPSA) is 61.8 Å². The molecule has 0 aliphatic rings. The average molecular weight is 370 g/mol. The zero-order chi connectivity index (χ0) is 19.0. The maximum absolute atomic E-state index is 13.3. The van der Waals surface area contributed by atoms with Gasteiger partial charge < -0.3 is 14.2 Å². The first kappa shape index (κ1) is 20.7. The highest BCUT2D eigenvalue weighted by molar-refractivity contribution is 5.77. The second-order valence-electron chi connectivity index (χ2n) is 4.69. The summed E-state index contributed by atoms with van der Waals surface area (Å²) < 4.78 is 79.1. The van der Waals surface area contributed by atoms with Gasteiger partial charge in [0.15, 0.2) is 5.75 Å². The van der Waals surface area contributed by atoms with E-state index in [1.807, 2.05) is 0 Å². The number of halogens is 5. The van der Waals surface area contributed by atoms with Crippen LogP contribution in [0.3, 0.4) is 0 Å². The molecule has 10 heteroatoms. The van der Waals surface area contributed by atoms with E-state index < -0.39 is 60.0 Å². The molecule has 1 rings (SSSR count). The third-order valence-electron chi connectivity index (χ3n) is 2.76. The molecule has 0 bridgehead atoms. The van der Waals surface area contributed by atoms with Gasteiger partial charge in [0.2, 0.25) is 29.1 Å². The van der Waals surface area contributed by atoms with Crippen molar-refractivity contribution >= 4 is 11.9 Å². The van der Waals surface area contributed by atoms with Gasteiger partial charge in [-0.15, -0.1) is 0 Å². The summed E-state index contributed by atoms with van der Waals surface area (Å²) in [6.45, 7) is 0.864.